The number of hydrogen-bond donors (Lipinski definition) is 0. The van der Waals surface area contributed by atoms with E-state index in [1.807, 2.05) is 11.3 Å². The van der Waals surface area contributed by atoms with Crippen molar-refractivity contribution in [3.63, 3.8) is 0 Å². The molecule has 18 heavy (non-hydrogen) atoms. The first-order valence-corrected chi connectivity index (χ1v) is 8.07. The Kier molecular flexibility index (Phi) is 3.37. The van der Waals surface area contributed by atoms with Crippen LogP contribution < -0.4 is 0 Å². The predicted octanol–water partition coefficient (Wildman–Crippen LogP) is 6.21. The molecule has 3 aromatic rings. The Hall–Kier alpha value is -0.900. The number of aryl methyl sites for hydroxylation is 1. The van der Waals surface area contributed by atoms with Crippen LogP contribution in [0.4, 0.5) is 0 Å². The molecule has 2 heterocycles. The van der Waals surface area contributed by atoms with E-state index in [4.69, 9.17) is 0 Å². The lowest BCUT2D eigenvalue weighted by Crippen LogP contribution is -1.72. The molecule has 3 heteroatoms. The van der Waals surface area contributed by atoms with Crippen LogP contribution in [0.25, 0.3) is 20.2 Å². The molecule has 0 aliphatic carbocycles. The molecule has 0 saturated carbocycles. The summed E-state index contributed by atoms with van der Waals surface area (Å²) in [4.78, 5) is 3.99. The molecule has 0 unspecified atom stereocenters. The van der Waals surface area contributed by atoms with E-state index in [1.54, 1.807) is 11.3 Å². The summed E-state index contributed by atoms with van der Waals surface area (Å²) in [7, 11) is 0. The summed E-state index contributed by atoms with van der Waals surface area (Å²) in [6, 6.07) is 17.4. The quantitative estimate of drug-likeness (QED) is 0.522. The summed E-state index contributed by atoms with van der Waals surface area (Å²) in [5.74, 6) is 0. The molecule has 0 saturated heterocycles. The lowest BCUT2D eigenvalue weighted by atomic mass is 10.1. The average molecular weight is 335 g/mol. The van der Waals surface area contributed by atoms with Gasteiger partial charge in [0.2, 0.25) is 0 Å². The van der Waals surface area contributed by atoms with Gasteiger partial charge in [0.25, 0.3) is 0 Å². The predicted molar refractivity (Wildman–Crippen MR) is 85.5 cm³/mol. The van der Waals surface area contributed by atoms with Gasteiger partial charge in [0.1, 0.15) is 0 Å². The fourth-order valence-electron chi connectivity index (χ4n) is 1.79. The van der Waals surface area contributed by atoms with E-state index in [1.165, 1.54) is 29.5 Å². The summed E-state index contributed by atoms with van der Waals surface area (Å²) in [5, 5.41) is 0. The van der Waals surface area contributed by atoms with E-state index < -0.39 is 0 Å². The lowest BCUT2D eigenvalue weighted by Gasteiger charge is -1.97. The monoisotopic (exact) mass is 334 g/mol. The molecular weight excluding hydrogens is 324 g/mol. The van der Waals surface area contributed by atoms with E-state index >= 15 is 0 Å². The average Bonchev–Trinajstić information content (AvgIpc) is 2.98. The smallest absolute Gasteiger partial charge is 0.0705 e. The van der Waals surface area contributed by atoms with Gasteiger partial charge >= 0.3 is 0 Å². The van der Waals surface area contributed by atoms with E-state index in [-0.39, 0.29) is 0 Å². The summed E-state index contributed by atoms with van der Waals surface area (Å²) >= 11 is 7.14. The van der Waals surface area contributed by atoms with Gasteiger partial charge in [-0.05, 0) is 52.7 Å². The number of thiophene rings is 2. The van der Waals surface area contributed by atoms with Crippen molar-refractivity contribution in [3.05, 3.63) is 57.9 Å². The van der Waals surface area contributed by atoms with Crippen LogP contribution in [0.3, 0.4) is 0 Å². The summed E-state index contributed by atoms with van der Waals surface area (Å²) in [5.41, 5.74) is 2.60. The Bertz CT molecular complexity index is 662. The molecule has 1 aromatic carbocycles. The van der Waals surface area contributed by atoms with Gasteiger partial charge in [-0.25, -0.2) is 0 Å². The lowest BCUT2D eigenvalue weighted by molar-refractivity contribution is 1.48. The van der Waals surface area contributed by atoms with Crippen molar-refractivity contribution in [3.8, 4) is 20.2 Å². The Balaban J connectivity index is 1.96. The van der Waals surface area contributed by atoms with Crippen LogP contribution in [0.15, 0.2) is 52.3 Å². The molecule has 3 rings (SSSR count). The SMILES string of the molecule is Cc1ccc(-c2ccc(-c3ccc(Br)s3)s2)cc1. The Labute approximate surface area is 123 Å². The molecule has 0 fully saturated rings. The van der Waals surface area contributed by atoms with Crippen molar-refractivity contribution in [2.24, 2.45) is 0 Å². The van der Waals surface area contributed by atoms with Crippen molar-refractivity contribution < 1.29 is 0 Å². The van der Waals surface area contributed by atoms with Gasteiger partial charge in [-0.2, -0.15) is 0 Å². The third-order valence-electron chi connectivity index (χ3n) is 2.76. The van der Waals surface area contributed by atoms with E-state index in [9.17, 15) is 0 Å². The number of benzene rings is 1. The van der Waals surface area contributed by atoms with Crippen LogP contribution in [-0.2, 0) is 0 Å². The van der Waals surface area contributed by atoms with Crippen molar-refractivity contribution in [2.75, 3.05) is 0 Å². The molecule has 0 nitrogen and oxygen atoms in total. The van der Waals surface area contributed by atoms with Crippen molar-refractivity contribution in [1.29, 1.82) is 0 Å². The third-order valence-corrected chi connectivity index (χ3v) is 5.71. The van der Waals surface area contributed by atoms with Gasteiger partial charge < -0.3 is 0 Å². The Morgan fingerprint density at radius 1 is 0.722 bits per heavy atom. The number of rotatable bonds is 2. The fraction of sp³-hybridized carbons (Fsp3) is 0.0667. The second kappa shape index (κ2) is 5.00. The second-order valence-electron chi connectivity index (χ2n) is 4.13. The van der Waals surface area contributed by atoms with Gasteiger partial charge in [-0.1, -0.05) is 29.8 Å². The molecule has 0 bridgehead atoms. The minimum atomic E-state index is 1.18. The van der Waals surface area contributed by atoms with Crippen molar-refractivity contribution >= 4 is 38.6 Å². The van der Waals surface area contributed by atoms with Gasteiger partial charge in [0, 0.05) is 14.6 Å². The van der Waals surface area contributed by atoms with Gasteiger partial charge in [-0.3, -0.25) is 0 Å². The molecule has 0 atom stereocenters. The molecule has 0 aliphatic rings. The minimum Gasteiger partial charge on any atom is -0.134 e. The van der Waals surface area contributed by atoms with E-state index in [0.29, 0.717) is 0 Å². The summed E-state index contributed by atoms with van der Waals surface area (Å²) < 4.78 is 1.18. The largest absolute Gasteiger partial charge is 0.134 e. The summed E-state index contributed by atoms with van der Waals surface area (Å²) in [6.07, 6.45) is 0. The van der Waals surface area contributed by atoms with Gasteiger partial charge in [0.05, 0.1) is 3.79 Å². The molecule has 0 spiro atoms. The zero-order valence-corrected chi connectivity index (χ0v) is 13.0. The molecule has 0 N–H and O–H groups in total. The van der Waals surface area contributed by atoms with Crippen LogP contribution in [0, 0.1) is 6.92 Å². The minimum absolute atomic E-state index is 1.18. The highest BCUT2D eigenvalue weighted by Gasteiger charge is 2.06. The Morgan fingerprint density at radius 2 is 1.33 bits per heavy atom. The third kappa shape index (κ3) is 2.44. The fourth-order valence-corrected chi connectivity index (χ4v) is 4.28. The first-order chi connectivity index (χ1) is 8.72. The zero-order chi connectivity index (χ0) is 12.5. The van der Waals surface area contributed by atoms with Crippen LogP contribution in [0.5, 0.6) is 0 Å². The van der Waals surface area contributed by atoms with Gasteiger partial charge in [-0.15, -0.1) is 22.7 Å². The maximum Gasteiger partial charge on any atom is 0.0705 e. The zero-order valence-electron chi connectivity index (χ0n) is 9.81. The molecular formula is C15H11BrS2. The van der Waals surface area contributed by atoms with Gasteiger partial charge in [0.15, 0.2) is 0 Å². The first kappa shape index (κ1) is 12.2. The van der Waals surface area contributed by atoms with Crippen LogP contribution in [0.2, 0.25) is 0 Å². The highest BCUT2D eigenvalue weighted by atomic mass is 79.9. The molecule has 0 radical (unpaired) electrons. The summed E-state index contributed by atoms with van der Waals surface area (Å²) in [6.45, 7) is 2.12. The maximum absolute atomic E-state index is 3.51. The van der Waals surface area contributed by atoms with Crippen molar-refractivity contribution in [2.45, 2.75) is 6.92 Å². The molecule has 0 amide bonds. The maximum atomic E-state index is 3.51. The second-order valence-corrected chi connectivity index (χ2v) is 7.68. The van der Waals surface area contributed by atoms with Crippen LogP contribution >= 0.6 is 38.6 Å². The van der Waals surface area contributed by atoms with Crippen molar-refractivity contribution in [1.82, 2.24) is 0 Å². The van der Waals surface area contributed by atoms with Crippen LogP contribution in [0.1, 0.15) is 5.56 Å². The highest BCUT2D eigenvalue weighted by Crippen LogP contribution is 2.38. The number of hydrogen-bond acceptors (Lipinski definition) is 2. The Morgan fingerprint density at radius 3 is 2.00 bits per heavy atom. The normalized spacial score (nSPS) is 10.8. The van der Waals surface area contributed by atoms with E-state index in [2.05, 4.69) is 71.4 Å². The first-order valence-electron chi connectivity index (χ1n) is 5.65. The van der Waals surface area contributed by atoms with E-state index in [0.717, 1.165) is 0 Å². The van der Waals surface area contributed by atoms with Crippen LogP contribution in [-0.4, -0.2) is 0 Å². The molecule has 0 aliphatic heterocycles. The number of halogens is 1. The molecule has 2 aromatic heterocycles. The topological polar surface area (TPSA) is 0 Å². The molecule has 90 valence electrons. The highest BCUT2D eigenvalue weighted by molar-refractivity contribution is 9.11. The standard InChI is InChI=1S/C15H11BrS2/c1-10-2-4-11(5-3-10)12-6-7-13(17-12)14-8-9-15(16)18-14/h2-9H,1H3.